The number of halogens is 1. The smallest absolute Gasteiger partial charge is 0.265 e. The van der Waals surface area contributed by atoms with E-state index in [0.29, 0.717) is 5.56 Å². The number of benzene rings is 1. The van der Waals surface area contributed by atoms with Gasteiger partial charge in [0.1, 0.15) is 11.5 Å². The van der Waals surface area contributed by atoms with E-state index in [0.717, 1.165) is 0 Å². The van der Waals surface area contributed by atoms with Crippen molar-refractivity contribution in [1.29, 1.82) is 0 Å². The molecule has 18 heavy (non-hydrogen) atoms. The summed E-state index contributed by atoms with van der Waals surface area (Å²) in [6, 6.07) is 5.72. The van der Waals surface area contributed by atoms with Crippen LogP contribution in [0.15, 0.2) is 48.0 Å². The number of rotatable bonds is 3. The molecule has 0 saturated carbocycles. The maximum absolute atomic E-state index is 12.6. The average molecular weight is 244 g/mol. The predicted octanol–water partition coefficient (Wildman–Crippen LogP) is 1.38. The monoisotopic (exact) mass is 244 g/mol. The molecule has 0 unspecified atom stereocenters. The highest BCUT2D eigenvalue weighted by Gasteiger charge is 2.04. The fourth-order valence-corrected chi connectivity index (χ4v) is 1.19. The molecule has 0 atom stereocenters. The molecular formula is C12H9FN4O. The predicted molar refractivity (Wildman–Crippen MR) is 63.5 cm³/mol. The molecule has 1 aromatic carbocycles. The minimum absolute atomic E-state index is 0.175. The number of carbonyl (C=O) groups is 1. The molecule has 90 valence electrons. The van der Waals surface area contributed by atoms with Crippen LogP contribution < -0.4 is 5.43 Å². The van der Waals surface area contributed by atoms with E-state index in [-0.39, 0.29) is 11.5 Å². The van der Waals surface area contributed by atoms with Gasteiger partial charge in [-0.15, -0.1) is 0 Å². The normalized spacial score (nSPS) is 10.5. The summed E-state index contributed by atoms with van der Waals surface area (Å²) in [6.07, 6.45) is 5.63. The summed E-state index contributed by atoms with van der Waals surface area (Å²) >= 11 is 0. The molecule has 0 aliphatic carbocycles. The Morgan fingerprint density at radius 1 is 1.28 bits per heavy atom. The lowest BCUT2D eigenvalue weighted by atomic mass is 10.2. The van der Waals surface area contributed by atoms with Gasteiger partial charge in [-0.2, -0.15) is 5.10 Å². The van der Waals surface area contributed by atoms with Gasteiger partial charge in [-0.1, -0.05) is 12.1 Å². The molecule has 5 nitrogen and oxygen atoms in total. The van der Waals surface area contributed by atoms with Crippen LogP contribution in [0.4, 0.5) is 4.39 Å². The van der Waals surface area contributed by atoms with Crippen LogP contribution in [0, 0.1) is 5.82 Å². The summed E-state index contributed by atoms with van der Waals surface area (Å²) in [7, 11) is 0. The highest BCUT2D eigenvalue weighted by atomic mass is 19.1. The first-order chi connectivity index (χ1) is 8.75. The zero-order valence-electron chi connectivity index (χ0n) is 9.25. The molecule has 0 saturated heterocycles. The Bertz CT molecular complexity index is 554. The Labute approximate surface area is 102 Å². The molecule has 1 N–H and O–H groups in total. The quantitative estimate of drug-likeness (QED) is 0.655. The Morgan fingerprint density at radius 2 is 2.06 bits per heavy atom. The van der Waals surface area contributed by atoms with E-state index in [1.807, 2.05) is 0 Å². The molecule has 2 aromatic rings. The van der Waals surface area contributed by atoms with Gasteiger partial charge in [0.2, 0.25) is 0 Å². The van der Waals surface area contributed by atoms with Crippen molar-refractivity contribution in [2.24, 2.45) is 5.10 Å². The lowest BCUT2D eigenvalue weighted by Gasteiger charge is -1.97. The van der Waals surface area contributed by atoms with Gasteiger partial charge in [-0.05, 0) is 17.7 Å². The van der Waals surface area contributed by atoms with Gasteiger partial charge in [0.15, 0.2) is 0 Å². The number of nitrogens with zero attached hydrogens (tertiary/aromatic N) is 3. The molecule has 0 spiro atoms. The van der Waals surface area contributed by atoms with Crippen LogP contribution >= 0.6 is 0 Å². The van der Waals surface area contributed by atoms with E-state index in [2.05, 4.69) is 20.5 Å². The topological polar surface area (TPSA) is 67.2 Å². The molecule has 6 heteroatoms. The Balaban J connectivity index is 1.96. The maximum Gasteiger partial charge on any atom is 0.291 e. The number of hydrogen-bond acceptors (Lipinski definition) is 4. The molecule has 1 heterocycles. The van der Waals surface area contributed by atoms with Crippen LogP contribution in [-0.4, -0.2) is 22.1 Å². The van der Waals surface area contributed by atoms with Crippen molar-refractivity contribution in [2.45, 2.75) is 0 Å². The van der Waals surface area contributed by atoms with Crippen LogP contribution in [0.2, 0.25) is 0 Å². The standard InChI is InChI=1S/C12H9FN4O/c13-10-3-1-9(2-4-10)7-16-17-12(18)11-8-14-5-6-15-11/h1-8H,(H,17,18)/b16-7+. The van der Waals surface area contributed by atoms with E-state index in [1.54, 1.807) is 12.1 Å². The lowest BCUT2D eigenvalue weighted by Crippen LogP contribution is -2.19. The highest BCUT2D eigenvalue weighted by Crippen LogP contribution is 1.99. The Morgan fingerprint density at radius 3 is 2.72 bits per heavy atom. The minimum atomic E-state index is -0.457. The van der Waals surface area contributed by atoms with Crippen LogP contribution in [0.3, 0.4) is 0 Å². The van der Waals surface area contributed by atoms with Crippen molar-refractivity contribution in [1.82, 2.24) is 15.4 Å². The highest BCUT2D eigenvalue weighted by molar-refractivity contribution is 5.92. The summed E-state index contributed by atoms with van der Waals surface area (Å²) in [5.74, 6) is -0.780. The molecule has 0 aliphatic heterocycles. The minimum Gasteiger partial charge on any atom is -0.265 e. The van der Waals surface area contributed by atoms with Gasteiger partial charge in [-0.25, -0.2) is 14.8 Å². The van der Waals surface area contributed by atoms with Crippen molar-refractivity contribution in [3.63, 3.8) is 0 Å². The summed E-state index contributed by atoms with van der Waals surface area (Å²) in [5, 5.41) is 3.73. The summed E-state index contributed by atoms with van der Waals surface area (Å²) < 4.78 is 12.6. The molecule has 0 aliphatic rings. The van der Waals surface area contributed by atoms with Gasteiger partial charge >= 0.3 is 0 Å². The van der Waals surface area contributed by atoms with E-state index < -0.39 is 5.91 Å². The van der Waals surface area contributed by atoms with Gasteiger partial charge < -0.3 is 0 Å². The van der Waals surface area contributed by atoms with Crippen molar-refractivity contribution >= 4 is 12.1 Å². The third-order valence-corrected chi connectivity index (χ3v) is 2.05. The molecule has 1 amide bonds. The van der Waals surface area contributed by atoms with Gasteiger partial charge in [0.25, 0.3) is 5.91 Å². The third-order valence-electron chi connectivity index (χ3n) is 2.05. The van der Waals surface area contributed by atoms with Gasteiger partial charge in [0.05, 0.1) is 12.4 Å². The van der Waals surface area contributed by atoms with E-state index in [9.17, 15) is 9.18 Å². The van der Waals surface area contributed by atoms with E-state index >= 15 is 0 Å². The number of hydrazone groups is 1. The second-order valence-electron chi connectivity index (χ2n) is 3.34. The largest absolute Gasteiger partial charge is 0.291 e. The van der Waals surface area contributed by atoms with Gasteiger partial charge in [0, 0.05) is 12.4 Å². The average Bonchev–Trinajstić information content (AvgIpc) is 2.42. The Hall–Kier alpha value is -2.63. The second kappa shape index (κ2) is 5.62. The van der Waals surface area contributed by atoms with Crippen molar-refractivity contribution < 1.29 is 9.18 Å². The van der Waals surface area contributed by atoms with Gasteiger partial charge in [-0.3, -0.25) is 9.78 Å². The molecular weight excluding hydrogens is 235 g/mol. The van der Waals surface area contributed by atoms with Crippen molar-refractivity contribution in [3.8, 4) is 0 Å². The van der Waals surface area contributed by atoms with Crippen molar-refractivity contribution in [2.75, 3.05) is 0 Å². The zero-order valence-corrected chi connectivity index (χ0v) is 9.25. The number of aromatic nitrogens is 2. The SMILES string of the molecule is O=C(N/N=C/c1ccc(F)cc1)c1cnccn1. The van der Waals surface area contributed by atoms with Crippen LogP contribution in [0.25, 0.3) is 0 Å². The molecule has 0 fully saturated rings. The maximum atomic E-state index is 12.6. The number of amides is 1. The first kappa shape index (κ1) is 11.8. The second-order valence-corrected chi connectivity index (χ2v) is 3.34. The molecule has 2 rings (SSSR count). The van der Waals surface area contributed by atoms with Crippen molar-refractivity contribution in [3.05, 3.63) is 59.9 Å². The summed E-state index contributed by atoms with van der Waals surface area (Å²) in [6.45, 7) is 0. The molecule has 0 radical (unpaired) electrons. The first-order valence-corrected chi connectivity index (χ1v) is 5.11. The van der Waals surface area contributed by atoms with Crippen LogP contribution in [0.1, 0.15) is 16.1 Å². The summed E-state index contributed by atoms with van der Waals surface area (Å²) in [5.41, 5.74) is 3.15. The lowest BCUT2D eigenvalue weighted by molar-refractivity contribution is 0.0949. The van der Waals surface area contributed by atoms with Crippen LogP contribution in [0.5, 0.6) is 0 Å². The fourth-order valence-electron chi connectivity index (χ4n) is 1.19. The molecule has 0 bridgehead atoms. The first-order valence-electron chi connectivity index (χ1n) is 5.11. The fraction of sp³-hybridized carbons (Fsp3) is 0. The number of carbonyl (C=O) groups excluding carboxylic acids is 1. The number of nitrogens with one attached hydrogen (secondary N) is 1. The van der Waals surface area contributed by atoms with E-state index in [4.69, 9.17) is 0 Å². The zero-order chi connectivity index (χ0) is 12.8. The third kappa shape index (κ3) is 3.18. The molecule has 1 aromatic heterocycles. The van der Waals surface area contributed by atoms with Crippen LogP contribution in [-0.2, 0) is 0 Å². The van der Waals surface area contributed by atoms with E-state index in [1.165, 1.54) is 36.9 Å². The summed E-state index contributed by atoms with van der Waals surface area (Å²) in [4.78, 5) is 19.1. The Kier molecular flexibility index (Phi) is 3.70. The number of hydrogen-bond donors (Lipinski definition) is 1.